The quantitative estimate of drug-likeness (QED) is 0.0195. The van der Waals surface area contributed by atoms with E-state index in [0.717, 1.165) is 77.0 Å². The maximum Gasteiger partial charge on any atom is 0.306 e. The largest absolute Gasteiger partial charge is 0.545 e. The van der Waals surface area contributed by atoms with E-state index >= 15 is 0 Å². The van der Waals surface area contributed by atoms with Gasteiger partial charge in [-0.15, -0.1) is 0 Å². The number of carbonyl (C=O) groups excluding carboxylic acids is 3. The van der Waals surface area contributed by atoms with Gasteiger partial charge in [-0.2, -0.15) is 0 Å². The highest BCUT2D eigenvalue weighted by Crippen LogP contribution is 2.19. The number of hydrogen-bond acceptors (Lipinski definition) is 8. The van der Waals surface area contributed by atoms with Crippen LogP contribution >= 0.6 is 0 Å². The molecule has 9 heteroatoms. The molecule has 0 aliphatic carbocycles. The number of carbonyl (C=O) groups is 3. The number of allylic oxidation sites excluding steroid dienone is 18. The van der Waals surface area contributed by atoms with E-state index in [1.807, 2.05) is 21.1 Å². The van der Waals surface area contributed by atoms with Crippen LogP contribution < -0.4 is 5.11 Å². The molecule has 0 aliphatic heterocycles. The van der Waals surface area contributed by atoms with Crippen LogP contribution in [0.15, 0.2) is 109 Å². The lowest BCUT2D eigenvalue weighted by Crippen LogP contribution is -2.44. The van der Waals surface area contributed by atoms with Gasteiger partial charge in [-0.1, -0.05) is 361 Å². The molecule has 2 unspecified atom stereocenters. The number of hydrogen-bond donors (Lipinski definition) is 0. The predicted octanol–water partition coefficient (Wildman–Crippen LogP) is 23.2. The van der Waals surface area contributed by atoms with Crippen molar-refractivity contribution in [2.45, 2.75) is 354 Å². The molecular formula is C83H145NO8. The number of aliphatic carboxylic acids is 1. The summed E-state index contributed by atoms with van der Waals surface area (Å²) >= 11 is 0. The van der Waals surface area contributed by atoms with Gasteiger partial charge in [0.15, 0.2) is 12.4 Å². The lowest BCUT2D eigenvalue weighted by molar-refractivity contribution is -0.870. The molecule has 2 atom stereocenters. The maximum atomic E-state index is 12.9. The van der Waals surface area contributed by atoms with Crippen LogP contribution in [0.4, 0.5) is 0 Å². The molecule has 0 amide bonds. The van der Waals surface area contributed by atoms with Gasteiger partial charge in [0.1, 0.15) is 13.2 Å². The molecule has 0 rings (SSSR count). The number of ether oxygens (including phenoxy) is 4. The molecule has 530 valence electrons. The van der Waals surface area contributed by atoms with Crippen LogP contribution in [0, 0.1) is 0 Å². The molecule has 0 spiro atoms. The Morgan fingerprint density at radius 3 is 0.913 bits per heavy atom. The fourth-order valence-corrected chi connectivity index (χ4v) is 11.0. The summed E-state index contributed by atoms with van der Waals surface area (Å²) in [5.74, 6) is -2.36. The number of quaternary nitrogens is 1. The van der Waals surface area contributed by atoms with Crippen molar-refractivity contribution in [3.63, 3.8) is 0 Å². The minimum Gasteiger partial charge on any atom is -0.545 e. The smallest absolute Gasteiger partial charge is 0.306 e. The third kappa shape index (κ3) is 73.4. The summed E-state index contributed by atoms with van der Waals surface area (Å²) in [5.41, 5.74) is 0. The number of rotatable bonds is 71. The van der Waals surface area contributed by atoms with Crippen LogP contribution in [-0.2, 0) is 33.3 Å². The van der Waals surface area contributed by atoms with E-state index in [4.69, 9.17) is 18.9 Å². The fraction of sp³-hybridized carbons (Fsp3) is 0.747. The van der Waals surface area contributed by atoms with Crippen molar-refractivity contribution in [1.29, 1.82) is 0 Å². The number of unbranched alkanes of at least 4 members (excludes halogenated alkanes) is 38. The minimum atomic E-state index is -1.64. The first-order valence-electron chi connectivity index (χ1n) is 38.5. The van der Waals surface area contributed by atoms with Crippen LogP contribution in [0.3, 0.4) is 0 Å². The first kappa shape index (κ1) is 88.0. The average molecular weight is 1290 g/mol. The molecule has 0 saturated heterocycles. The van der Waals surface area contributed by atoms with E-state index in [2.05, 4.69) is 123 Å². The molecule has 0 radical (unpaired) electrons. The van der Waals surface area contributed by atoms with Crippen LogP contribution in [0.2, 0.25) is 0 Å². The molecular weight excluding hydrogens is 1140 g/mol. The number of carboxylic acids is 1. The zero-order valence-corrected chi connectivity index (χ0v) is 60.7. The third-order valence-electron chi connectivity index (χ3n) is 16.8. The topological polar surface area (TPSA) is 111 Å². The molecule has 0 saturated carbocycles. The molecule has 0 N–H and O–H groups in total. The van der Waals surface area contributed by atoms with Gasteiger partial charge in [0, 0.05) is 12.8 Å². The summed E-state index contributed by atoms with van der Waals surface area (Å²) in [6.07, 6.45) is 99.4. The Labute approximate surface area is 568 Å². The second kappa shape index (κ2) is 72.8. The van der Waals surface area contributed by atoms with Crippen molar-refractivity contribution < 1.29 is 42.9 Å². The lowest BCUT2D eigenvalue weighted by Gasteiger charge is -2.26. The monoisotopic (exact) mass is 1280 g/mol. The highest BCUT2D eigenvalue weighted by molar-refractivity contribution is 5.70. The zero-order chi connectivity index (χ0) is 66.8. The normalized spacial score (nSPS) is 13.3. The Balaban J connectivity index is 4.09. The standard InChI is InChI=1S/C83H145NO8/c1-6-8-10-12-14-16-18-20-22-24-26-28-30-32-34-36-37-38-39-40-41-42-43-44-46-47-49-51-53-55-57-59-61-63-65-67-69-71-73-80(85)90-77-79(78-91-83(82(87)88)89-76-75-84(3,4)5)92-81(86)74-72-70-68-66-64-62-60-58-56-54-52-50-48-45-35-33-31-29-27-25-23-21-19-17-15-13-11-9-7-2/h9,11,15,17,21,23,27,29,33,35,48,50,54,56,60,62,66,68,79,83H,6-8,10,12-14,16,18-20,22,24-26,28,30-32,34,36-47,49,51-53,55,57-59,61,63-65,67,69-78H2,1-5H3/b11-9-,17-15-,23-21-,29-27-,35-33-,50-48-,56-54-,62-60-,68-66-. The summed E-state index contributed by atoms with van der Waals surface area (Å²) < 4.78 is 22.7. The second-order valence-corrected chi connectivity index (χ2v) is 26.9. The van der Waals surface area contributed by atoms with E-state index in [0.29, 0.717) is 23.9 Å². The Hall–Kier alpha value is -4.05. The van der Waals surface area contributed by atoms with Crippen molar-refractivity contribution in [3.05, 3.63) is 109 Å². The van der Waals surface area contributed by atoms with Gasteiger partial charge in [-0.25, -0.2) is 0 Å². The SMILES string of the molecule is CC/C=C\C/C=C\C/C=C\C/C=C\C/C=C\C/C=C\C/C=C\C/C=C\C/C=C\CCCC(=O)OC(COC(=O)CCCCCCCCCCCCCCCCCCCCCCCCCCCCCCCCCCCCCCCC)COC(OCC[N+](C)(C)C)C(=O)[O-]. The molecule has 0 aromatic carbocycles. The molecule has 9 nitrogen and oxygen atoms in total. The molecule has 0 aromatic heterocycles. The molecule has 0 heterocycles. The van der Waals surface area contributed by atoms with Crippen LogP contribution in [0.25, 0.3) is 0 Å². The first-order valence-corrected chi connectivity index (χ1v) is 38.5. The van der Waals surface area contributed by atoms with E-state index in [1.54, 1.807) is 0 Å². The molecule has 0 fully saturated rings. The summed E-state index contributed by atoms with van der Waals surface area (Å²) in [4.78, 5) is 37.5. The van der Waals surface area contributed by atoms with Gasteiger partial charge >= 0.3 is 11.9 Å². The molecule has 92 heavy (non-hydrogen) atoms. The second-order valence-electron chi connectivity index (χ2n) is 26.9. The maximum absolute atomic E-state index is 12.9. The fourth-order valence-electron chi connectivity index (χ4n) is 11.0. The Morgan fingerprint density at radius 1 is 0.337 bits per heavy atom. The van der Waals surface area contributed by atoms with Gasteiger partial charge in [0.05, 0.1) is 40.3 Å². The first-order chi connectivity index (χ1) is 45.1. The predicted molar refractivity (Wildman–Crippen MR) is 394 cm³/mol. The molecule has 0 aromatic rings. The number of esters is 2. The van der Waals surface area contributed by atoms with Crippen molar-refractivity contribution in [3.8, 4) is 0 Å². The highest BCUT2D eigenvalue weighted by Gasteiger charge is 2.22. The average Bonchev–Trinajstić information content (AvgIpc) is 3.75. The van der Waals surface area contributed by atoms with Gasteiger partial charge in [0.2, 0.25) is 0 Å². The third-order valence-corrected chi connectivity index (χ3v) is 16.8. The van der Waals surface area contributed by atoms with Gasteiger partial charge in [-0.3, -0.25) is 9.59 Å². The lowest BCUT2D eigenvalue weighted by atomic mass is 10.0. The molecule has 0 bridgehead atoms. The number of carboxylic acid groups (broad SMARTS) is 1. The van der Waals surface area contributed by atoms with Crippen LogP contribution in [0.5, 0.6) is 0 Å². The summed E-state index contributed by atoms with van der Waals surface area (Å²) in [7, 11) is 5.91. The summed E-state index contributed by atoms with van der Waals surface area (Å²) in [6.45, 7) is 4.60. The van der Waals surface area contributed by atoms with Gasteiger partial charge < -0.3 is 33.3 Å². The van der Waals surface area contributed by atoms with Crippen LogP contribution in [0.1, 0.15) is 341 Å². The van der Waals surface area contributed by atoms with E-state index in [1.165, 1.54) is 225 Å². The zero-order valence-electron chi connectivity index (χ0n) is 60.7. The molecule has 0 aliphatic rings. The summed E-state index contributed by atoms with van der Waals surface area (Å²) in [5, 5.41) is 11.8. The van der Waals surface area contributed by atoms with Crippen molar-refractivity contribution in [2.75, 3.05) is 47.5 Å². The van der Waals surface area contributed by atoms with Crippen molar-refractivity contribution in [1.82, 2.24) is 0 Å². The van der Waals surface area contributed by atoms with Gasteiger partial charge in [0.25, 0.3) is 0 Å². The minimum absolute atomic E-state index is 0.132. The van der Waals surface area contributed by atoms with Gasteiger partial charge in [-0.05, 0) is 77.0 Å². The van der Waals surface area contributed by atoms with E-state index in [-0.39, 0.29) is 38.6 Å². The highest BCUT2D eigenvalue weighted by atomic mass is 16.7. The summed E-state index contributed by atoms with van der Waals surface area (Å²) in [6, 6.07) is 0. The Bertz CT molecular complexity index is 1880. The Morgan fingerprint density at radius 2 is 0.620 bits per heavy atom. The number of nitrogens with zero attached hydrogens (tertiary/aromatic N) is 1. The van der Waals surface area contributed by atoms with Crippen molar-refractivity contribution in [2.24, 2.45) is 0 Å². The Kier molecular flexibility index (Phi) is 69.6. The van der Waals surface area contributed by atoms with E-state index < -0.39 is 24.3 Å². The van der Waals surface area contributed by atoms with E-state index in [9.17, 15) is 19.5 Å². The van der Waals surface area contributed by atoms with Crippen LogP contribution in [-0.4, -0.2) is 82.3 Å². The van der Waals surface area contributed by atoms with Crippen molar-refractivity contribution >= 4 is 17.9 Å². The number of likely N-dealkylation sites (N-methyl/N-ethyl adjacent to an activating group) is 1.